The standard InChI is InChI=1S/C19H29NO6S/c1-19(2,14-26-27(3,23)24)17(21)16-8-6-7-15(13-16)9-12-25-18(22)20-10-4-5-11-20/h6-8,13,17,21H,4-5,9-12,14H2,1-3H3. The van der Waals surface area contributed by atoms with Crippen molar-refractivity contribution in [1.29, 1.82) is 0 Å². The highest BCUT2D eigenvalue weighted by Gasteiger charge is 2.31. The number of rotatable bonds is 8. The second-order valence-corrected chi connectivity index (χ2v) is 9.30. The number of benzene rings is 1. The summed E-state index contributed by atoms with van der Waals surface area (Å²) in [5, 5.41) is 10.7. The van der Waals surface area contributed by atoms with Gasteiger partial charge in [0, 0.05) is 24.9 Å². The molecule has 0 spiro atoms. The van der Waals surface area contributed by atoms with Crippen LogP contribution in [0, 0.1) is 5.41 Å². The summed E-state index contributed by atoms with van der Waals surface area (Å²) in [4.78, 5) is 13.6. The van der Waals surface area contributed by atoms with Crippen LogP contribution in [0.5, 0.6) is 0 Å². The lowest BCUT2D eigenvalue weighted by Crippen LogP contribution is -2.29. The first-order chi connectivity index (χ1) is 12.6. The SMILES string of the molecule is CC(C)(COS(C)(=O)=O)C(O)c1cccc(CCOC(=O)N2CCCC2)c1. The van der Waals surface area contributed by atoms with Crippen LogP contribution < -0.4 is 0 Å². The van der Waals surface area contributed by atoms with E-state index in [1.807, 2.05) is 18.2 Å². The van der Waals surface area contributed by atoms with E-state index >= 15 is 0 Å². The Labute approximate surface area is 161 Å². The lowest BCUT2D eigenvalue weighted by atomic mass is 9.83. The topological polar surface area (TPSA) is 93.1 Å². The fourth-order valence-corrected chi connectivity index (χ4v) is 3.47. The Morgan fingerprint density at radius 3 is 2.59 bits per heavy atom. The lowest BCUT2D eigenvalue weighted by molar-refractivity contribution is 0.0161. The molecule has 1 aromatic rings. The molecule has 1 aliphatic rings. The molecule has 1 heterocycles. The summed E-state index contributed by atoms with van der Waals surface area (Å²) >= 11 is 0. The Morgan fingerprint density at radius 1 is 1.30 bits per heavy atom. The molecule has 1 aliphatic heterocycles. The number of aliphatic hydroxyl groups is 1. The van der Waals surface area contributed by atoms with Gasteiger partial charge in [0.05, 0.1) is 25.6 Å². The second-order valence-electron chi connectivity index (χ2n) is 7.66. The molecule has 1 aromatic carbocycles. The maximum absolute atomic E-state index is 11.9. The number of carbonyl (C=O) groups is 1. The van der Waals surface area contributed by atoms with E-state index in [0.29, 0.717) is 12.0 Å². The summed E-state index contributed by atoms with van der Waals surface area (Å²) in [6, 6.07) is 7.35. The van der Waals surface area contributed by atoms with Gasteiger partial charge in [-0.25, -0.2) is 4.79 Å². The predicted molar refractivity (Wildman–Crippen MR) is 102 cm³/mol. The number of nitrogens with zero attached hydrogens (tertiary/aromatic N) is 1. The molecular weight excluding hydrogens is 370 g/mol. The first-order valence-corrected chi connectivity index (χ1v) is 10.9. The van der Waals surface area contributed by atoms with E-state index in [9.17, 15) is 18.3 Å². The zero-order valence-electron chi connectivity index (χ0n) is 16.2. The van der Waals surface area contributed by atoms with Crippen LogP contribution in [0.1, 0.15) is 43.9 Å². The van der Waals surface area contributed by atoms with Gasteiger partial charge >= 0.3 is 6.09 Å². The van der Waals surface area contributed by atoms with Gasteiger partial charge in [0.15, 0.2) is 0 Å². The number of ether oxygens (including phenoxy) is 1. The Hall–Kier alpha value is -1.64. The molecule has 152 valence electrons. The van der Waals surface area contributed by atoms with Gasteiger partial charge in [0.2, 0.25) is 0 Å². The summed E-state index contributed by atoms with van der Waals surface area (Å²) in [7, 11) is -3.57. The van der Waals surface area contributed by atoms with Gasteiger partial charge in [-0.1, -0.05) is 38.1 Å². The summed E-state index contributed by atoms with van der Waals surface area (Å²) < 4.78 is 32.6. The average Bonchev–Trinajstić information content (AvgIpc) is 3.14. The Balaban J connectivity index is 1.92. The van der Waals surface area contributed by atoms with Crippen LogP contribution in [0.25, 0.3) is 0 Å². The van der Waals surface area contributed by atoms with Crippen molar-refractivity contribution in [3.63, 3.8) is 0 Å². The van der Waals surface area contributed by atoms with E-state index in [4.69, 9.17) is 8.92 Å². The van der Waals surface area contributed by atoms with E-state index in [1.54, 1.807) is 24.8 Å². The molecule has 0 saturated carbocycles. The van der Waals surface area contributed by atoms with Gasteiger partial charge in [-0.15, -0.1) is 0 Å². The molecule has 8 heteroatoms. The normalized spacial score (nSPS) is 16.4. The maximum atomic E-state index is 11.9. The Kier molecular flexibility index (Phi) is 7.25. The number of carbonyl (C=O) groups excluding carboxylic acids is 1. The fourth-order valence-electron chi connectivity index (χ4n) is 2.95. The maximum Gasteiger partial charge on any atom is 0.409 e. The predicted octanol–water partition coefficient (Wildman–Crippen LogP) is 2.50. The van der Waals surface area contributed by atoms with Crippen molar-refractivity contribution in [2.75, 3.05) is 32.6 Å². The summed E-state index contributed by atoms with van der Waals surface area (Å²) in [5.74, 6) is 0. The summed E-state index contributed by atoms with van der Waals surface area (Å²) in [5.41, 5.74) is 0.810. The van der Waals surface area contributed by atoms with E-state index in [0.717, 1.165) is 37.8 Å². The van der Waals surface area contributed by atoms with Crippen LogP contribution in [-0.2, 0) is 25.5 Å². The lowest BCUT2D eigenvalue weighted by Gasteiger charge is -2.30. The number of aliphatic hydroxyl groups excluding tert-OH is 1. The van der Waals surface area contributed by atoms with Crippen LogP contribution in [0.4, 0.5) is 4.79 Å². The third-order valence-electron chi connectivity index (χ3n) is 4.63. The van der Waals surface area contributed by atoms with Crippen molar-refractivity contribution in [3.8, 4) is 0 Å². The smallest absolute Gasteiger partial charge is 0.409 e. The molecule has 1 unspecified atom stereocenters. The zero-order chi connectivity index (χ0) is 20.1. The van der Waals surface area contributed by atoms with Crippen molar-refractivity contribution in [3.05, 3.63) is 35.4 Å². The zero-order valence-corrected chi connectivity index (χ0v) is 17.0. The average molecular weight is 400 g/mol. The van der Waals surface area contributed by atoms with Crippen LogP contribution >= 0.6 is 0 Å². The minimum Gasteiger partial charge on any atom is -0.449 e. The molecule has 1 atom stereocenters. The molecule has 1 fully saturated rings. The molecule has 1 saturated heterocycles. The molecule has 0 aliphatic carbocycles. The van der Waals surface area contributed by atoms with Crippen LogP contribution in [-0.4, -0.2) is 57.1 Å². The van der Waals surface area contributed by atoms with E-state index in [1.165, 1.54) is 0 Å². The number of hydrogen-bond donors (Lipinski definition) is 1. The minimum absolute atomic E-state index is 0.120. The fraction of sp³-hybridized carbons (Fsp3) is 0.632. The van der Waals surface area contributed by atoms with Gasteiger partial charge in [-0.2, -0.15) is 8.42 Å². The molecule has 1 N–H and O–H groups in total. The third kappa shape index (κ3) is 6.79. The molecule has 1 amide bonds. The summed E-state index contributed by atoms with van der Waals surface area (Å²) in [6.07, 6.45) is 2.40. The van der Waals surface area contributed by atoms with E-state index < -0.39 is 21.6 Å². The highest BCUT2D eigenvalue weighted by atomic mass is 32.2. The van der Waals surface area contributed by atoms with Gasteiger partial charge in [0.1, 0.15) is 0 Å². The first kappa shape index (κ1) is 21.7. The molecule has 0 bridgehead atoms. The molecule has 7 nitrogen and oxygen atoms in total. The largest absolute Gasteiger partial charge is 0.449 e. The third-order valence-corrected chi connectivity index (χ3v) is 5.18. The van der Waals surface area contributed by atoms with E-state index in [2.05, 4.69) is 0 Å². The minimum atomic E-state index is -3.57. The highest BCUT2D eigenvalue weighted by molar-refractivity contribution is 7.85. The molecular formula is C19H29NO6S. The van der Waals surface area contributed by atoms with Crippen molar-refractivity contribution in [1.82, 2.24) is 4.90 Å². The molecule has 0 radical (unpaired) electrons. The number of amides is 1. The van der Waals surface area contributed by atoms with Crippen LogP contribution in [0.2, 0.25) is 0 Å². The molecule has 2 rings (SSSR count). The summed E-state index contributed by atoms with van der Waals surface area (Å²) in [6.45, 7) is 5.15. The quantitative estimate of drug-likeness (QED) is 0.675. The first-order valence-electron chi connectivity index (χ1n) is 9.11. The van der Waals surface area contributed by atoms with Crippen molar-refractivity contribution >= 4 is 16.2 Å². The monoisotopic (exact) mass is 399 g/mol. The van der Waals surface area contributed by atoms with Crippen molar-refractivity contribution < 1.29 is 27.2 Å². The second kappa shape index (κ2) is 9.03. The molecule has 0 aromatic heterocycles. The van der Waals surface area contributed by atoms with Gasteiger partial charge < -0.3 is 14.7 Å². The van der Waals surface area contributed by atoms with Gasteiger partial charge in [-0.05, 0) is 24.0 Å². The number of likely N-dealkylation sites (tertiary alicyclic amines) is 1. The van der Waals surface area contributed by atoms with Gasteiger partial charge in [-0.3, -0.25) is 4.18 Å². The highest BCUT2D eigenvalue weighted by Crippen LogP contribution is 2.34. The van der Waals surface area contributed by atoms with Crippen LogP contribution in [0.15, 0.2) is 24.3 Å². The molecule has 27 heavy (non-hydrogen) atoms. The van der Waals surface area contributed by atoms with Gasteiger partial charge in [0.25, 0.3) is 10.1 Å². The van der Waals surface area contributed by atoms with Crippen molar-refractivity contribution in [2.24, 2.45) is 5.41 Å². The van der Waals surface area contributed by atoms with Crippen LogP contribution in [0.3, 0.4) is 0 Å². The van der Waals surface area contributed by atoms with E-state index in [-0.39, 0.29) is 19.3 Å². The number of hydrogen-bond acceptors (Lipinski definition) is 6. The van der Waals surface area contributed by atoms with Crippen molar-refractivity contribution in [2.45, 2.75) is 39.2 Å². The Morgan fingerprint density at radius 2 is 1.96 bits per heavy atom. The Bertz CT molecular complexity index is 740.